The van der Waals surface area contributed by atoms with Crippen LogP contribution in [0, 0.1) is 11.6 Å². The van der Waals surface area contributed by atoms with E-state index in [2.05, 4.69) is 16.7 Å². The van der Waals surface area contributed by atoms with Crippen molar-refractivity contribution >= 4 is 17.6 Å². The van der Waals surface area contributed by atoms with Crippen LogP contribution < -0.4 is 4.80 Å². The van der Waals surface area contributed by atoms with Gasteiger partial charge in [0.05, 0.1) is 18.5 Å². The fraction of sp³-hybridized carbons (Fsp3) is 0.100. The second-order valence-electron chi connectivity index (χ2n) is 5.76. The van der Waals surface area contributed by atoms with Crippen molar-refractivity contribution in [1.82, 2.24) is 4.68 Å². The van der Waals surface area contributed by atoms with Gasteiger partial charge in [0.1, 0.15) is 11.6 Å². The van der Waals surface area contributed by atoms with Gasteiger partial charge in [-0.2, -0.15) is 5.10 Å². The van der Waals surface area contributed by atoms with Crippen LogP contribution in [0.5, 0.6) is 0 Å². The quantitative estimate of drug-likeness (QED) is 0.454. The highest BCUT2D eigenvalue weighted by Gasteiger charge is 2.08. The monoisotopic (exact) mass is 369 g/mol. The van der Waals surface area contributed by atoms with Crippen LogP contribution in [0.1, 0.15) is 12.5 Å². The summed E-state index contributed by atoms with van der Waals surface area (Å²) in [6, 6.07) is 12.5. The fourth-order valence-electron chi connectivity index (χ4n) is 2.24. The number of aromatic nitrogens is 1. The minimum atomic E-state index is -0.351. The Kier molecular flexibility index (Phi) is 5.53. The van der Waals surface area contributed by atoms with Gasteiger partial charge in [-0.1, -0.05) is 30.4 Å². The molecule has 2 aromatic carbocycles. The van der Waals surface area contributed by atoms with Crippen LogP contribution in [0.15, 0.2) is 76.2 Å². The molecule has 0 N–H and O–H groups in total. The third-order valence-corrected chi connectivity index (χ3v) is 4.38. The van der Waals surface area contributed by atoms with Crippen molar-refractivity contribution in [3.8, 4) is 11.3 Å². The maximum atomic E-state index is 13.9. The molecule has 3 nitrogen and oxygen atoms in total. The SMILES string of the molecule is C=C(C)CN=c1scc(-c2ccc(F)cc2)n1N=Cc1ccccc1F. The summed E-state index contributed by atoms with van der Waals surface area (Å²) in [5.74, 6) is -0.659. The molecule has 0 aliphatic rings. The van der Waals surface area contributed by atoms with Gasteiger partial charge in [0.25, 0.3) is 0 Å². The standard InChI is InChI=1S/C20H17F2N3S/c1-14(2)11-23-20-25(24-12-16-5-3-4-6-18(16)22)19(13-26-20)15-7-9-17(21)10-8-15/h3-10,12-13H,1,11H2,2H3. The maximum absolute atomic E-state index is 13.9. The van der Waals surface area contributed by atoms with Crippen LogP contribution in [-0.2, 0) is 0 Å². The topological polar surface area (TPSA) is 29.6 Å². The molecular weight excluding hydrogens is 352 g/mol. The van der Waals surface area contributed by atoms with Gasteiger partial charge >= 0.3 is 0 Å². The van der Waals surface area contributed by atoms with Crippen LogP contribution in [0.4, 0.5) is 8.78 Å². The Balaban J connectivity index is 2.09. The summed E-state index contributed by atoms with van der Waals surface area (Å²) in [5, 5.41) is 6.31. The second kappa shape index (κ2) is 8.01. The predicted molar refractivity (Wildman–Crippen MR) is 102 cm³/mol. The summed E-state index contributed by atoms with van der Waals surface area (Å²) in [6.07, 6.45) is 1.45. The number of rotatable bonds is 5. The van der Waals surface area contributed by atoms with E-state index >= 15 is 0 Å². The van der Waals surface area contributed by atoms with E-state index in [4.69, 9.17) is 0 Å². The summed E-state index contributed by atoms with van der Waals surface area (Å²) < 4.78 is 28.7. The Morgan fingerprint density at radius 1 is 1.15 bits per heavy atom. The van der Waals surface area contributed by atoms with Crippen molar-refractivity contribution in [1.29, 1.82) is 0 Å². The molecule has 0 unspecified atom stereocenters. The van der Waals surface area contributed by atoms with Crippen LogP contribution in [-0.4, -0.2) is 17.4 Å². The first kappa shape index (κ1) is 17.9. The smallest absolute Gasteiger partial charge is 0.206 e. The Bertz CT molecular complexity index is 1010. The van der Waals surface area contributed by atoms with Gasteiger partial charge in [0.15, 0.2) is 0 Å². The molecular formula is C20H17F2N3S. The molecule has 132 valence electrons. The molecule has 0 spiro atoms. The van der Waals surface area contributed by atoms with Gasteiger partial charge in [0.2, 0.25) is 4.80 Å². The number of hydrogen-bond donors (Lipinski definition) is 0. The van der Waals surface area contributed by atoms with Crippen molar-refractivity contribution < 1.29 is 8.78 Å². The van der Waals surface area contributed by atoms with E-state index in [-0.39, 0.29) is 11.6 Å². The molecule has 0 saturated carbocycles. The highest BCUT2D eigenvalue weighted by Crippen LogP contribution is 2.20. The summed E-state index contributed by atoms with van der Waals surface area (Å²) in [7, 11) is 0. The molecule has 0 aliphatic carbocycles. The minimum absolute atomic E-state index is 0.308. The zero-order valence-corrected chi connectivity index (χ0v) is 15.0. The Morgan fingerprint density at radius 2 is 1.88 bits per heavy atom. The number of nitrogens with zero attached hydrogens (tertiary/aromatic N) is 3. The average molecular weight is 369 g/mol. The summed E-state index contributed by atoms with van der Waals surface area (Å²) in [4.78, 5) is 5.16. The number of halogens is 2. The van der Waals surface area contributed by atoms with Gasteiger partial charge in [-0.25, -0.2) is 13.5 Å². The van der Waals surface area contributed by atoms with E-state index in [9.17, 15) is 8.78 Å². The average Bonchev–Trinajstić information content (AvgIpc) is 3.03. The number of benzene rings is 2. The lowest BCUT2D eigenvalue weighted by Crippen LogP contribution is -2.13. The minimum Gasteiger partial charge on any atom is -0.253 e. The van der Waals surface area contributed by atoms with Crippen molar-refractivity contribution in [2.45, 2.75) is 6.92 Å². The summed E-state index contributed by atoms with van der Waals surface area (Å²) in [6.45, 7) is 6.22. The molecule has 0 atom stereocenters. The zero-order valence-electron chi connectivity index (χ0n) is 14.2. The van der Waals surface area contributed by atoms with E-state index < -0.39 is 0 Å². The fourth-order valence-corrected chi connectivity index (χ4v) is 3.08. The summed E-state index contributed by atoms with van der Waals surface area (Å²) >= 11 is 1.41. The lowest BCUT2D eigenvalue weighted by atomic mass is 10.2. The molecule has 0 aliphatic heterocycles. The van der Waals surface area contributed by atoms with Crippen molar-refractivity contribution in [2.24, 2.45) is 10.1 Å². The first-order chi connectivity index (χ1) is 12.5. The molecule has 0 fully saturated rings. The Labute approximate surface area is 154 Å². The predicted octanol–water partition coefficient (Wildman–Crippen LogP) is 4.85. The molecule has 26 heavy (non-hydrogen) atoms. The largest absolute Gasteiger partial charge is 0.253 e. The number of hydrogen-bond acceptors (Lipinski definition) is 3. The normalized spacial score (nSPS) is 12.0. The molecule has 1 heterocycles. The number of thiazole rings is 1. The van der Waals surface area contributed by atoms with Crippen molar-refractivity contribution in [3.63, 3.8) is 0 Å². The van der Waals surface area contributed by atoms with E-state index in [1.807, 2.05) is 12.3 Å². The Hall–Kier alpha value is -2.86. The first-order valence-electron chi connectivity index (χ1n) is 7.95. The lowest BCUT2D eigenvalue weighted by Gasteiger charge is -2.04. The van der Waals surface area contributed by atoms with Crippen molar-refractivity contribution in [3.05, 3.63) is 88.1 Å². The van der Waals surface area contributed by atoms with Gasteiger partial charge in [0, 0.05) is 16.5 Å². The van der Waals surface area contributed by atoms with Gasteiger partial charge < -0.3 is 0 Å². The highest BCUT2D eigenvalue weighted by atomic mass is 32.1. The first-order valence-corrected chi connectivity index (χ1v) is 8.83. The molecule has 0 bridgehead atoms. The Morgan fingerprint density at radius 3 is 2.58 bits per heavy atom. The molecule has 0 saturated heterocycles. The van der Waals surface area contributed by atoms with E-state index in [1.54, 1.807) is 35.0 Å². The molecule has 0 radical (unpaired) electrons. The van der Waals surface area contributed by atoms with E-state index in [0.717, 1.165) is 16.8 Å². The molecule has 0 amide bonds. The molecule has 3 aromatic rings. The molecule has 1 aromatic heterocycles. The van der Waals surface area contributed by atoms with Crippen LogP contribution in [0.3, 0.4) is 0 Å². The maximum Gasteiger partial charge on any atom is 0.206 e. The second-order valence-corrected chi connectivity index (χ2v) is 6.60. The zero-order chi connectivity index (χ0) is 18.5. The van der Waals surface area contributed by atoms with E-state index in [1.165, 1.54) is 35.8 Å². The van der Waals surface area contributed by atoms with Gasteiger partial charge in [-0.15, -0.1) is 11.3 Å². The van der Waals surface area contributed by atoms with Gasteiger partial charge in [-0.05, 0) is 37.3 Å². The summed E-state index contributed by atoms with van der Waals surface area (Å²) in [5.41, 5.74) is 2.85. The molecule has 6 heteroatoms. The van der Waals surface area contributed by atoms with E-state index in [0.29, 0.717) is 16.9 Å². The molecule has 3 rings (SSSR count). The lowest BCUT2D eigenvalue weighted by molar-refractivity contribution is 0.625. The van der Waals surface area contributed by atoms with Crippen molar-refractivity contribution in [2.75, 3.05) is 6.54 Å². The van der Waals surface area contributed by atoms with Crippen LogP contribution in [0.25, 0.3) is 11.3 Å². The third-order valence-electron chi connectivity index (χ3n) is 3.53. The highest BCUT2D eigenvalue weighted by molar-refractivity contribution is 7.07. The van der Waals surface area contributed by atoms with Gasteiger partial charge in [-0.3, -0.25) is 4.99 Å². The van der Waals surface area contributed by atoms with Crippen LogP contribution >= 0.6 is 11.3 Å². The third kappa shape index (κ3) is 4.21. The van der Waals surface area contributed by atoms with Crippen LogP contribution in [0.2, 0.25) is 0 Å².